The lowest BCUT2D eigenvalue weighted by Gasteiger charge is -2.29. The van der Waals surface area contributed by atoms with Crippen LogP contribution >= 0.6 is 23.4 Å². The number of hydrogen-bond acceptors (Lipinski definition) is 3. The number of nitrogens with zero attached hydrogens (tertiary/aromatic N) is 1. The summed E-state index contributed by atoms with van der Waals surface area (Å²) in [6.07, 6.45) is 1.94. The van der Waals surface area contributed by atoms with Crippen LogP contribution in [0.3, 0.4) is 0 Å². The fourth-order valence-electron chi connectivity index (χ4n) is 3.40. The topological polar surface area (TPSA) is 49.4 Å². The van der Waals surface area contributed by atoms with Gasteiger partial charge in [-0.05, 0) is 50.5 Å². The van der Waals surface area contributed by atoms with Crippen LogP contribution in [0.2, 0.25) is 5.02 Å². The van der Waals surface area contributed by atoms with E-state index in [2.05, 4.69) is 44.3 Å². The molecule has 0 saturated carbocycles. The molecule has 0 radical (unpaired) electrons. The Morgan fingerprint density at radius 1 is 1.06 bits per heavy atom. The lowest BCUT2D eigenvalue weighted by molar-refractivity contribution is -0.138. The molecule has 6 heteroatoms. The highest BCUT2D eigenvalue weighted by atomic mass is 35.5. The average Bonchev–Trinajstić information content (AvgIpc) is 2.72. The Morgan fingerprint density at radius 3 is 2.32 bits per heavy atom. The minimum Gasteiger partial charge on any atom is -0.354 e. The molecule has 1 unspecified atom stereocenters. The van der Waals surface area contributed by atoms with E-state index >= 15 is 0 Å². The summed E-state index contributed by atoms with van der Waals surface area (Å²) in [7, 11) is 0. The van der Waals surface area contributed by atoms with E-state index in [1.807, 2.05) is 12.1 Å². The van der Waals surface area contributed by atoms with Gasteiger partial charge in [0.2, 0.25) is 11.8 Å². The number of benzene rings is 2. The van der Waals surface area contributed by atoms with E-state index in [-0.39, 0.29) is 11.8 Å². The smallest absolute Gasteiger partial charge is 0.242 e. The van der Waals surface area contributed by atoms with Crippen molar-refractivity contribution in [3.05, 3.63) is 69.7 Å². The molecule has 4 nitrogen and oxygen atoms in total. The predicted molar refractivity (Wildman–Crippen MR) is 131 cm³/mol. The molecule has 2 aromatic rings. The molecule has 2 rings (SSSR count). The maximum Gasteiger partial charge on any atom is 0.242 e. The number of halogens is 1. The minimum atomic E-state index is -0.540. The summed E-state index contributed by atoms with van der Waals surface area (Å²) in [5, 5.41) is 3.60. The summed E-state index contributed by atoms with van der Waals surface area (Å²) in [4.78, 5) is 27.4. The number of carbonyl (C=O) groups excluding carboxylic acids is 2. The van der Waals surface area contributed by atoms with Gasteiger partial charge >= 0.3 is 0 Å². The Balaban J connectivity index is 2.05. The van der Waals surface area contributed by atoms with Crippen molar-refractivity contribution in [3.63, 3.8) is 0 Å². The van der Waals surface area contributed by atoms with Crippen molar-refractivity contribution in [2.75, 3.05) is 12.3 Å². The average molecular weight is 461 g/mol. The number of thioether (sulfide) groups is 1. The number of unbranched alkanes of at least 4 members (excludes halogenated alkanes) is 1. The molecule has 0 aromatic heterocycles. The fraction of sp³-hybridized carbons (Fsp3) is 0.440. The van der Waals surface area contributed by atoms with E-state index in [4.69, 9.17) is 11.6 Å². The summed E-state index contributed by atoms with van der Waals surface area (Å²) in [6, 6.07) is 13.3. The second-order valence-electron chi connectivity index (χ2n) is 7.96. The molecule has 31 heavy (non-hydrogen) atoms. The fourth-order valence-corrected chi connectivity index (χ4v) is 4.37. The molecule has 0 fully saturated rings. The normalized spacial score (nSPS) is 11.8. The predicted octanol–water partition coefficient (Wildman–Crippen LogP) is 5.52. The zero-order chi connectivity index (χ0) is 22.8. The van der Waals surface area contributed by atoms with Gasteiger partial charge in [-0.25, -0.2) is 0 Å². The second kappa shape index (κ2) is 12.8. The summed E-state index contributed by atoms with van der Waals surface area (Å²) >= 11 is 7.58. The van der Waals surface area contributed by atoms with Crippen LogP contribution in [0, 0.1) is 13.8 Å². The van der Waals surface area contributed by atoms with Crippen molar-refractivity contribution < 1.29 is 9.59 Å². The maximum atomic E-state index is 13.1. The van der Waals surface area contributed by atoms with E-state index in [1.165, 1.54) is 16.7 Å². The molecule has 2 aromatic carbocycles. The Bertz CT molecular complexity index is 850. The quantitative estimate of drug-likeness (QED) is 0.449. The largest absolute Gasteiger partial charge is 0.354 e. The first-order chi connectivity index (χ1) is 14.8. The van der Waals surface area contributed by atoms with E-state index in [9.17, 15) is 9.59 Å². The van der Waals surface area contributed by atoms with Gasteiger partial charge in [-0.3, -0.25) is 9.59 Å². The molecule has 168 valence electrons. The molecular formula is C25H33ClN2O2S. The monoisotopic (exact) mass is 460 g/mol. The number of amides is 2. The summed E-state index contributed by atoms with van der Waals surface area (Å²) in [5.41, 5.74) is 4.61. The van der Waals surface area contributed by atoms with Gasteiger partial charge in [0.1, 0.15) is 6.04 Å². The summed E-state index contributed by atoms with van der Waals surface area (Å²) in [5.74, 6) is 0.936. The van der Waals surface area contributed by atoms with E-state index in [1.54, 1.807) is 35.7 Å². The van der Waals surface area contributed by atoms with Gasteiger partial charge < -0.3 is 10.2 Å². The van der Waals surface area contributed by atoms with E-state index in [0.29, 0.717) is 23.9 Å². The molecule has 0 saturated heterocycles. The molecule has 0 spiro atoms. The van der Waals surface area contributed by atoms with Crippen LogP contribution < -0.4 is 5.32 Å². The van der Waals surface area contributed by atoms with E-state index in [0.717, 1.165) is 24.2 Å². The van der Waals surface area contributed by atoms with Crippen molar-refractivity contribution in [2.45, 2.75) is 58.9 Å². The van der Waals surface area contributed by atoms with Crippen LogP contribution in [0.4, 0.5) is 0 Å². The number of nitrogens with one attached hydrogen (secondary N) is 1. The molecule has 2 amide bonds. The Labute approximate surface area is 195 Å². The van der Waals surface area contributed by atoms with Gasteiger partial charge in [0.15, 0.2) is 0 Å². The van der Waals surface area contributed by atoms with Gasteiger partial charge in [-0.1, -0.05) is 66.4 Å². The van der Waals surface area contributed by atoms with Gasteiger partial charge in [0.25, 0.3) is 0 Å². The van der Waals surface area contributed by atoms with Gasteiger partial charge in [0.05, 0.1) is 5.75 Å². The SMILES string of the molecule is CCCCNC(=O)C(C)N(Cc1ccc(Cl)cc1)C(=O)CSCc1cc(C)cc(C)c1. The Morgan fingerprint density at radius 2 is 1.71 bits per heavy atom. The first-order valence-electron chi connectivity index (χ1n) is 10.8. The van der Waals surface area contributed by atoms with Crippen LogP contribution in [0.15, 0.2) is 42.5 Å². The van der Waals surface area contributed by atoms with Crippen molar-refractivity contribution >= 4 is 35.2 Å². The van der Waals surface area contributed by atoms with Crippen LogP contribution in [0.1, 0.15) is 48.9 Å². The zero-order valence-electron chi connectivity index (χ0n) is 18.9. The third-order valence-corrected chi connectivity index (χ3v) is 6.28. The summed E-state index contributed by atoms with van der Waals surface area (Å²) in [6.45, 7) is 9.05. The maximum absolute atomic E-state index is 13.1. The third-order valence-electron chi connectivity index (χ3n) is 5.04. The molecular weight excluding hydrogens is 428 g/mol. The highest BCUT2D eigenvalue weighted by Crippen LogP contribution is 2.19. The molecule has 0 aliphatic carbocycles. The molecule has 1 N–H and O–H groups in total. The third kappa shape index (κ3) is 8.58. The molecule has 0 bridgehead atoms. The number of hydrogen-bond donors (Lipinski definition) is 1. The number of aryl methyl sites for hydroxylation is 2. The van der Waals surface area contributed by atoms with Crippen molar-refractivity contribution in [1.29, 1.82) is 0 Å². The lowest BCUT2D eigenvalue weighted by atomic mass is 10.1. The lowest BCUT2D eigenvalue weighted by Crippen LogP contribution is -2.48. The zero-order valence-corrected chi connectivity index (χ0v) is 20.5. The number of carbonyl (C=O) groups is 2. The van der Waals surface area contributed by atoms with Crippen molar-refractivity contribution in [1.82, 2.24) is 10.2 Å². The van der Waals surface area contributed by atoms with Gasteiger partial charge in [0, 0.05) is 23.9 Å². The standard InChI is InChI=1S/C25H33ClN2O2S/c1-5-6-11-27-25(30)20(4)28(15-21-7-9-23(26)10-8-21)24(29)17-31-16-22-13-18(2)12-19(3)14-22/h7-10,12-14,20H,5-6,11,15-17H2,1-4H3,(H,27,30). The summed E-state index contributed by atoms with van der Waals surface area (Å²) < 4.78 is 0. The van der Waals surface area contributed by atoms with Gasteiger partial charge in [-0.15, -0.1) is 11.8 Å². The first kappa shape index (κ1) is 25.3. The highest BCUT2D eigenvalue weighted by Gasteiger charge is 2.25. The van der Waals surface area contributed by atoms with Crippen LogP contribution in [-0.4, -0.2) is 35.1 Å². The second-order valence-corrected chi connectivity index (χ2v) is 9.38. The molecule has 0 aliphatic rings. The van der Waals surface area contributed by atoms with Crippen LogP contribution in [-0.2, 0) is 21.9 Å². The number of rotatable bonds is 11. The Hall–Kier alpha value is -1.98. The van der Waals surface area contributed by atoms with E-state index < -0.39 is 6.04 Å². The van der Waals surface area contributed by atoms with Crippen molar-refractivity contribution in [3.8, 4) is 0 Å². The molecule has 0 aliphatic heterocycles. The first-order valence-corrected chi connectivity index (χ1v) is 12.3. The molecule has 0 heterocycles. The van der Waals surface area contributed by atoms with Crippen LogP contribution in [0.25, 0.3) is 0 Å². The van der Waals surface area contributed by atoms with Gasteiger partial charge in [-0.2, -0.15) is 0 Å². The Kier molecular flexibility index (Phi) is 10.4. The minimum absolute atomic E-state index is 0.0394. The molecule has 1 atom stereocenters. The van der Waals surface area contributed by atoms with Crippen LogP contribution in [0.5, 0.6) is 0 Å². The highest BCUT2D eigenvalue weighted by molar-refractivity contribution is 7.99. The van der Waals surface area contributed by atoms with Crippen molar-refractivity contribution in [2.24, 2.45) is 0 Å².